The van der Waals surface area contributed by atoms with Crippen molar-refractivity contribution >= 4 is 5.94 Å². The van der Waals surface area contributed by atoms with E-state index in [2.05, 4.69) is 6.58 Å². The molecule has 0 bridgehead atoms. The van der Waals surface area contributed by atoms with Crippen LogP contribution < -0.4 is 24.0 Å². The van der Waals surface area contributed by atoms with Crippen LogP contribution in [0.4, 0.5) is 0 Å². The maximum atomic E-state index is 8.93. The number of rotatable bonds is 0. The summed E-state index contributed by atoms with van der Waals surface area (Å²) >= 11 is 0. The molecule has 0 aromatic heterocycles. The van der Waals surface area contributed by atoms with E-state index in [9.17, 15) is 0 Å². The van der Waals surface area contributed by atoms with Crippen molar-refractivity contribution in [2.45, 2.75) is 6.92 Å². The molecule has 0 N–H and O–H groups in total. The van der Waals surface area contributed by atoms with E-state index in [0.29, 0.717) is 0 Å². The molecule has 2 nitrogen and oxygen atoms in total. The maximum Gasteiger partial charge on any atom is 1.00 e. The van der Waals surface area contributed by atoms with Crippen molar-refractivity contribution in [2.24, 2.45) is 0 Å². The number of hydrogen-bond donors (Lipinski definition) is 0. The second kappa shape index (κ2) is 37.4. The predicted octanol–water partition coefficient (Wildman–Crippen LogP) is -3.63. The first-order chi connectivity index (χ1) is 2.83. The van der Waals surface area contributed by atoms with Crippen molar-refractivity contribution in [3.63, 3.8) is 0 Å². The molecule has 0 unspecified atom stereocenters. The first-order valence-corrected chi connectivity index (χ1v) is 1.55. The Balaban J connectivity index is -0.0000000400. The molecular formula is C4H7LiO2. The third-order valence-corrected chi connectivity index (χ3v) is 0. The van der Waals surface area contributed by atoms with Crippen LogP contribution >= 0.6 is 0 Å². The molecule has 0 fully saturated rings. The van der Waals surface area contributed by atoms with Crippen molar-refractivity contribution in [3.8, 4) is 0 Å². The normalized spacial score (nSPS) is 3.71. The fourth-order valence-corrected chi connectivity index (χ4v) is 0. The van der Waals surface area contributed by atoms with E-state index in [0.717, 1.165) is 0 Å². The van der Waals surface area contributed by atoms with Gasteiger partial charge in [0.1, 0.15) is 5.94 Å². The van der Waals surface area contributed by atoms with Gasteiger partial charge in [-0.15, -0.1) is 6.61 Å². The van der Waals surface area contributed by atoms with Crippen LogP contribution in [0.15, 0.2) is 6.58 Å². The molecule has 7 heavy (non-hydrogen) atoms. The largest absolute Gasteiger partial charge is 1.00 e. The second-order valence-corrected chi connectivity index (χ2v) is 0.433. The monoisotopic (exact) mass is 94.1 g/mol. The van der Waals surface area contributed by atoms with Crippen LogP contribution in [-0.2, 0) is 4.79 Å². The molecule has 36 valence electrons. The molecule has 0 aromatic rings. The zero-order valence-electron chi connectivity index (χ0n) is 4.73. The number of carbonyl (C=O) groups excluding carboxylic acids is 1. The Kier molecular flexibility index (Phi) is 84.1. The van der Waals surface area contributed by atoms with Crippen molar-refractivity contribution in [1.82, 2.24) is 0 Å². The Morgan fingerprint density at radius 3 is 1.86 bits per heavy atom. The molecule has 0 aliphatic carbocycles. The quantitative estimate of drug-likeness (QED) is 0.229. The minimum absolute atomic E-state index is 0. The smallest absolute Gasteiger partial charge is 0.855 e. The van der Waals surface area contributed by atoms with Crippen LogP contribution in [0.3, 0.4) is 0 Å². The summed E-state index contributed by atoms with van der Waals surface area (Å²) in [6, 6.07) is 0. The first kappa shape index (κ1) is 15.7. The fourth-order valence-electron chi connectivity index (χ4n) is 0. The third kappa shape index (κ3) is 1760000. The summed E-state index contributed by atoms with van der Waals surface area (Å²) in [5.74, 6) is 1.25. The molecule has 0 aliphatic rings. The molecule has 0 saturated heterocycles. The van der Waals surface area contributed by atoms with Gasteiger partial charge >= 0.3 is 18.9 Å². The first-order valence-electron chi connectivity index (χ1n) is 1.55. The van der Waals surface area contributed by atoms with Crippen molar-refractivity contribution in [3.05, 3.63) is 6.58 Å². The van der Waals surface area contributed by atoms with Crippen LogP contribution in [-0.4, -0.2) is 12.5 Å². The zero-order valence-corrected chi connectivity index (χ0v) is 4.73. The average molecular weight is 94.0 g/mol. The van der Waals surface area contributed by atoms with Crippen molar-refractivity contribution in [2.75, 3.05) is 6.61 Å². The predicted molar refractivity (Wildman–Crippen MR) is 21.9 cm³/mol. The molecule has 0 aromatic carbocycles. The van der Waals surface area contributed by atoms with Gasteiger partial charge in [0.05, 0.1) is 0 Å². The average Bonchev–Trinajstić information content (AvgIpc) is 1.39. The summed E-state index contributed by atoms with van der Waals surface area (Å²) in [7, 11) is 0. The van der Waals surface area contributed by atoms with Crippen molar-refractivity contribution < 1.29 is 28.8 Å². The fraction of sp³-hybridized carbons (Fsp3) is 0.500. The standard InChI is InChI=1S/C2H5O.C2H2O.Li/c2*1-2-3;/h2H2,1H3;1H2;/q-1;;+1. The Hall–Kier alpha value is 0.00740. The minimum atomic E-state index is 0. The van der Waals surface area contributed by atoms with E-state index < -0.39 is 0 Å². The van der Waals surface area contributed by atoms with Gasteiger partial charge in [0.25, 0.3) is 0 Å². The molecule has 0 spiro atoms. The molecule has 0 atom stereocenters. The van der Waals surface area contributed by atoms with E-state index >= 15 is 0 Å². The summed E-state index contributed by atoms with van der Waals surface area (Å²) < 4.78 is 0. The molecule has 0 rings (SSSR count). The molecule has 3 heteroatoms. The van der Waals surface area contributed by atoms with Crippen LogP contribution in [0.5, 0.6) is 0 Å². The molecule has 0 aliphatic heterocycles. The second-order valence-electron chi connectivity index (χ2n) is 0.433. The minimum Gasteiger partial charge on any atom is -0.855 e. The molecule has 0 amide bonds. The van der Waals surface area contributed by atoms with Crippen LogP contribution in [0.2, 0.25) is 0 Å². The van der Waals surface area contributed by atoms with Crippen LogP contribution in [0.25, 0.3) is 0 Å². The Labute approximate surface area is 55.4 Å². The van der Waals surface area contributed by atoms with E-state index in [1.54, 1.807) is 6.92 Å². The summed E-state index contributed by atoms with van der Waals surface area (Å²) in [6.45, 7) is 4.25. The van der Waals surface area contributed by atoms with Gasteiger partial charge in [-0.2, -0.15) is 0 Å². The Morgan fingerprint density at radius 2 is 1.86 bits per heavy atom. The summed E-state index contributed by atoms with van der Waals surface area (Å²) in [5.41, 5.74) is 0. The van der Waals surface area contributed by atoms with Gasteiger partial charge in [0.15, 0.2) is 0 Å². The van der Waals surface area contributed by atoms with Gasteiger partial charge in [-0.25, -0.2) is 4.79 Å². The van der Waals surface area contributed by atoms with Gasteiger partial charge in [0, 0.05) is 0 Å². The Bertz CT molecular complexity index is 39.0. The zero-order chi connectivity index (χ0) is 5.41. The molecular weight excluding hydrogens is 87.0 g/mol. The van der Waals surface area contributed by atoms with Gasteiger partial charge in [-0.3, -0.25) is 0 Å². The summed E-state index contributed by atoms with van der Waals surface area (Å²) in [6.07, 6.45) is 0. The topological polar surface area (TPSA) is 40.1 Å². The van der Waals surface area contributed by atoms with E-state index in [1.807, 2.05) is 0 Å². The van der Waals surface area contributed by atoms with Gasteiger partial charge in [-0.1, -0.05) is 6.92 Å². The van der Waals surface area contributed by atoms with Crippen LogP contribution in [0, 0.1) is 0 Å². The molecule has 0 radical (unpaired) electrons. The third-order valence-electron chi connectivity index (χ3n) is 0. The van der Waals surface area contributed by atoms with E-state index in [4.69, 9.17) is 9.90 Å². The summed E-state index contributed by atoms with van der Waals surface area (Å²) in [4.78, 5) is 8.57. The van der Waals surface area contributed by atoms with E-state index in [-0.39, 0.29) is 25.5 Å². The molecule has 0 saturated carbocycles. The van der Waals surface area contributed by atoms with Gasteiger partial charge in [-0.05, 0) is 6.58 Å². The SMILES string of the molecule is C=C=O.CC[O-].[Li+]. The van der Waals surface area contributed by atoms with Gasteiger partial charge in [0.2, 0.25) is 0 Å². The van der Waals surface area contributed by atoms with Crippen molar-refractivity contribution in [1.29, 1.82) is 0 Å². The maximum absolute atomic E-state index is 8.93. The molecule has 0 heterocycles. The van der Waals surface area contributed by atoms with Gasteiger partial charge < -0.3 is 5.11 Å². The summed E-state index contributed by atoms with van der Waals surface area (Å²) in [5, 5.41) is 8.93. The van der Waals surface area contributed by atoms with Crippen LogP contribution in [0.1, 0.15) is 6.92 Å². The van der Waals surface area contributed by atoms with E-state index in [1.165, 1.54) is 5.94 Å². The number of hydrogen-bond acceptors (Lipinski definition) is 2. The Morgan fingerprint density at radius 1 is 1.86 bits per heavy atom.